The largest absolute Gasteiger partial charge is 0.470 e. The predicted octanol–water partition coefficient (Wildman–Crippen LogP) is 2.40. The Balaban J connectivity index is 1.43. The molecule has 1 aromatic heterocycles. The van der Waals surface area contributed by atoms with E-state index in [9.17, 15) is 13.2 Å². The van der Waals surface area contributed by atoms with Gasteiger partial charge in [0.25, 0.3) is 11.8 Å². The van der Waals surface area contributed by atoms with Gasteiger partial charge in [-0.2, -0.15) is 4.31 Å². The van der Waals surface area contributed by atoms with E-state index in [1.165, 1.54) is 16.4 Å². The van der Waals surface area contributed by atoms with Crippen molar-refractivity contribution in [3.63, 3.8) is 0 Å². The molecule has 1 atom stereocenters. The summed E-state index contributed by atoms with van der Waals surface area (Å²) >= 11 is 0. The van der Waals surface area contributed by atoms with Crippen LogP contribution in [0.3, 0.4) is 0 Å². The van der Waals surface area contributed by atoms with Crippen LogP contribution in [0.4, 0.5) is 5.82 Å². The van der Waals surface area contributed by atoms with Crippen LogP contribution in [-0.2, 0) is 10.0 Å². The molecule has 0 N–H and O–H groups in total. The van der Waals surface area contributed by atoms with Crippen molar-refractivity contribution in [3.05, 3.63) is 42.2 Å². The van der Waals surface area contributed by atoms with E-state index in [-0.39, 0.29) is 16.9 Å². The van der Waals surface area contributed by atoms with Crippen molar-refractivity contribution < 1.29 is 17.9 Å². The molecule has 2 aromatic rings. The monoisotopic (exact) mass is 473 g/mol. The van der Waals surface area contributed by atoms with Crippen molar-refractivity contribution in [2.24, 2.45) is 0 Å². The Labute approximate surface area is 195 Å². The topological polar surface area (TPSA) is 95.9 Å². The maximum Gasteiger partial charge on any atom is 0.257 e. The highest BCUT2D eigenvalue weighted by molar-refractivity contribution is 7.89. The molecule has 2 aliphatic heterocycles. The third-order valence-electron chi connectivity index (χ3n) is 6.07. The second-order valence-electron chi connectivity index (χ2n) is 8.70. The second-order valence-corrected chi connectivity index (χ2v) is 10.6. The fraction of sp³-hybridized carbons (Fsp3) is 0.522. The maximum atomic E-state index is 13.1. The maximum absolute atomic E-state index is 13.1. The van der Waals surface area contributed by atoms with E-state index in [4.69, 9.17) is 4.74 Å². The Kier molecular flexibility index (Phi) is 7.14. The van der Waals surface area contributed by atoms with E-state index in [0.717, 1.165) is 32.1 Å². The molecule has 3 heterocycles. The van der Waals surface area contributed by atoms with Gasteiger partial charge in [-0.15, -0.1) is 0 Å². The number of likely N-dealkylation sites (tertiary alicyclic amines) is 1. The number of rotatable bonds is 6. The van der Waals surface area contributed by atoms with E-state index in [0.29, 0.717) is 43.4 Å². The minimum atomic E-state index is -3.51. The van der Waals surface area contributed by atoms with Crippen LogP contribution >= 0.6 is 0 Å². The number of hydrogen-bond donors (Lipinski definition) is 0. The van der Waals surface area contributed by atoms with Crippen LogP contribution in [0.2, 0.25) is 0 Å². The Morgan fingerprint density at radius 2 is 1.70 bits per heavy atom. The van der Waals surface area contributed by atoms with Crippen LogP contribution in [0.15, 0.2) is 41.6 Å². The van der Waals surface area contributed by atoms with Crippen molar-refractivity contribution in [1.82, 2.24) is 19.2 Å². The Hall–Kier alpha value is -2.72. The van der Waals surface area contributed by atoms with E-state index in [1.807, 2.05) is 19.0 Å². The molecule has 0 radical (unpaired) electrons. The van der Waals surface area contributed by atoms with Gasteiger partial charge in [-0.25, -0.2) is 18.4 Å². The summed E-state index contributed by atoms with van der Waals surface area (Å²) in [5.41, 5.74) is 0.474. The van der Waals surface area contributed by atoms with Crippen LogP contribution in [0.5, 0.6) is 5.88 Å². The molecule has 2 aliphatic rings. The van der Waals surface area contributed by atoms with Crippen molar-refractivity contribution in [3.8, 4) is 5.88 Å². The molecule has 10 heteroatoms. The lowest BCUT2D eigenvalue weighted by atomic mass is 10.1. The van der Waals surface area contributed by atoms with E-state index < -0.39 is 10.0 Å². The minimum absolute atomic E-state index is 0.128. The molecule has 2 fully saturated rings. The lowest BCUT2D eigenvalue weighted by molar-refractivity contribution is 0.0528. The first-order valence-corrected chi connectivity index (χ1v) is 12.8. The summed E-state index contributed by atoms with van der Waals surface area (Å²) in [4.78, 5) is 25.6. The lowest BCUT2D eigenvalue weighted by Gasteiger charge is -2.33. The van der Waals surface area contributed by atoms with Crippen molar-refractivity contribution >= 4 is 21.7 Å². The summed E-state index contributed by atoms with van der Waals surface area (Å²) in [6, 6.07) is 6.29. The van der Waals surface area contributed by atoms with Gasteiger partial charge in [0.2, 0.25) is 10.0 Å². The van der Waals surface area contributed by atoms with Gasteiger partial charge in [0.1, 0.15) is 6.10 Å². The van der Waals surface area contributed by atoms with Crippen LogP contribution in [0, 0.1) is 0 Å². The zero-order valence-electron chi connectivity index (χ0n) is 19.2. The number of benzene rings is 1. The molecular formula is C23H31N5O4S. The number of carbonyl (C=O) groups excluding carboxylic acids is 1. The summed E-state index contributed by atoms with van der Waals surface area (Å²) < 4.78 is 33.4. The number of ether oxygens (including phenoxy) is 1. The standard InChI is InChI=1S/C23H31N5O4S/c1-26(2)21-22(25-13-12-24-21)32-19-7-6-14-27(17-19)23(29)18-8-10-20(11-9-18)33(30,31)28-15-4-3-5-16-28/h8-13,19H,3-7,14-17H2,1-2H3. The van der Waals surface area contributed by atoms with E-state index in [1.54, 1.807) is 29.4 Å². The summed E-state index contributed by atoms with van der Waals surface area (Å²) in [5.74, 6) is 0.970. The van der Waals surface area contributed by atoms with Crippen LogP contribution in [0.1, 0.15) is 42.5 Å². The number of amides is 1. The second kappa shape index (κ2) is 10.0. The zero-order valence-corrected chi connectivity index (χ0v) is 20.0. The average molecular weight is 474 g/mol. The van der Waals surface area contributed by atoms with Gasteiger partial charge in [-0.3, -0.25) is 4.79 Å². The van der Waals surface area contributed by atoms with E-state index >= 15 is 0 Å². The Morgan fingerprint density at radius 1 is 1.00 bits per heavy atom. The number of hydrogen-bond acceptors (Lipinski definition) is 7. The molecule has 0 bridgehead atoms. The molecular weight excluding hydrogens is 442 g/mol. The normalized spacial score (nSPS) is 19.8. The molecule has 0 spiro atoms. The van der Waals surface area contributed by atoms with Gasteiger partial charge in [0, 0.05) is 51.7 Å². The Bertz CT molecular complexity index is 1070. The third kappa shape index (κ3) is 5.27. The van der Waals surface area contributed by atoms with Crippen molar-refractivity contribution in [2.45, 2.75) is 43.1 Å². The zero-order chi connectivity index (χ0) is 23.4. The number of nitrogens with zero attached hydrogens (tertiary/aromatic N) is 5. The molecule has 2 saturated heterocycles. The summed E-state index contributed by atoms with van der Waals surface area (Å²) in [7, 11) is 0.243. The molecule has 4 rings (SSSR count). The molecule has 1 aromatic carbocycles. The highest BCUT2D eigenvalue weighted by Gasteiger charge is 2.29. The van der Waals surface area contributed by atoms with Gasteiger partial charge in [0.15, 0.2) is 5.82 Å². The first-order valence-electron chi connectivity index (χ1n) is 11.4. The van der Waals surface area contributed by atoms with Gasteiger partial charge in [-0.1, -0.05) is 6.42 Å². The highest BCUT2D eigenvalue weighted by Crippen LogP contribution is 2.25. The fourth-order valence-electron chi connectivity index (χ4n) is 4.29. The number of carbonyl (C=O) groups is 1. The number of piperidine rings is 2. The quantitative estimate of drug-likeness (QED) is 0.636. The van der Waals surface area contributed by atoms with Gasteiger partial charge < -0.3 is 14.5 Å². The van der Waals surface area contributed by atoms with Gasteiger partial charge in [-0.05, 0) is 49.9 Å². The average Bonchev–Trinajstić information content (AvgIpc) is 2.84. The predicted molar refractivity (Wildman–Crippen MR) is 125 cm³/mol. The smallest absolute Gasteiger partial charge is 0.257 e. The summed E-state index contributed by atoms with van der Waals surface area (Å²) in [5, 5.41) is 0. The minimum Gasteiger partial charge on any atom is -0.470 e. The molecule has 0 saturated carbocycles. The molecule has 0 aliphatic carbocycles. The SMILES string of the molecule is CN(C)c1nccnc1OC1CCCN(C(=O)c2ccc(S(=O)(=O)N3CCCCC3)cc2)C1. The summed E-state index contributed by atoms with van der Waals surface area (Å²) in [6.45, 7) is 2.18. The first kappa shape index (κ1) is 23.4. The number of sulfonamides is 1. The first-order chi connectivity index (χ1) is 15.9. The molecule has 9 nitrogen and oxygen atoms in total. The third-order valence-corrected chi connectivity index (χ3v) is 7.98. The summed E-state index contributed by atoms with van der Waals surface area (Å²) in [6.07, 6.45) is 7.50. The number of aromatic nitrogens is 2. The molecule has 178 valence electrons. The molecule has 1 unspecified atom stereocenters. The fourth-order valence-corrected chi connectivity index (χ4v) is 5.81. The molecule has 33 heavy (non-hydrogen) atoms. The van der Waals surface area contributed by atoms with E-state index in [2.05, 4.69) is 9.97 Å². The lowest BCUT2D eigenvalue weighted by Crippen LogP contribution is -2.44. The van der Waals surface area contributed by atoms with Crippen LogP contribution in [-0.4, -0.2) is 79.9 Å². The van der Waals surface area contributed by atoms with Gasteiger partial charge in [0.05, 0.1) is 11.4 Å². The van der Waals surface area contributed by atoms with Crippen LogP contribution < -0.4 is 9.64 Å². The highest BCUT2D eigenvalue weighted by atomic mass is 32.2. The number of anilines is 1. The van der Waals surface area contributed by atoms with Crippen molar-refractivity contribution in [1.29, 1.82) is 0 Å². The van der Waals surface area contributed by atoms with Crippen LogP contribution in [0.25, 0.3) is 0 Å². The van der Waals surface area contributed by atoms with Gasteiger partial charge >= 0.3 is 0 Å². The van der Waals surface area contributed by atoms with Crippen molar-refractivity contribution in [2.75, 3.05) is 45.2 Å². The molecule has 1 amide bonds. The Morgan fingerprint density at radius 3 is 2.39 bits per heavy atom.